The van der Waals surface area contributed by atoms with Crippen LogP contribution in [-0.2, 0) is 6.61 Å². The molecule has 5 rings (SSSR count). The van der Waals surface area contributed by atoms with Crippen LogP contribution in [0.15, 0.2) is 106 Å². The van der Waals surface area contributed by atoms with E-state index in [4.69, 9.17) is 32.4 Å². The number of carbonyl (C=O) groups excluding carboxylic acids is 1. The maximum Gasteiger partial charge on any atom is 0.208 e. The molecule has 0 radical (unpaired) electrons. The third kappa shape index (κ3) is 4.72. The quantitative estimate of drug-likeness (QED) is 0.225. The summed E-state index contributed by atoms with van der Waals surface area (Å²) >= 11 is 12.1. The molecule has 0 N–H and O–H groups in total. The summed E-state index contributed by atoms with van der Waals surface area (Å²) < 4.78 is 12.2. The maximum absolute atomic E-state index is 13.9. The van der Waals surface area contributed by atoms with Crippen LogP contribution in [0.4, 0.5) is 0 Å². The van der Waals surface area contributed by atoms with Crippen LogP contribution < -0.4 is 10.2 Å². The lowest BCUT2D eigenvalue weighted by atomic mass is 9.97. The van der Waals surface area contributed by atoms with Crippen molar-refractivity contribution in [2.45, 2.75) is 6.61 Å². The molecule has 1 heterocycles. The third-order valence-electron chi connectivity index (χ3n) is 5.56. The van der Waals surface area contributed by atoms with Crippen LogP contribution in [0.25, 0.3) is 22.3 Å². The van der Waals surface area contributed by atoms with E-state index in [1.807, 2.05) is 30.3 Å². The monoisotopic (exact) mass is 500 g/mol. The van der Waals surface area contributed by atoms with Crippen LogP contribution in [-0.4, -0.2) is 5.78 Å². The predicted octanol–water partition coefficient (Wildman–Crippen LogP) is 7.58. The number of halogens is 2. The first-order valence-electron chi connectivity index (χ1n) is 10.8. The topological polar surface area (TPSA) is 56.5 Å². The molecule has 172 valence electrons. The average Bonchev–Trinajstić information content (AvgIpc) is 2.88. The summed E-state index contributed by atoms with van der Waals surface area (Å²) in [6.45, 7) is 0.263. The molecule has 0 unspecified atom stereocenters. The second-order valence-corrected chi connectivity index (χ2v) is 8.75. The van der Waals surface area contributed by atoms with Gasteiger partial charge in [-0.25, -0.2) is 0 Å². The molecule has 0 aliphatic heterocycles. The minimum atomic E-state index is -0.472. The van der Waals surface area contributed by atoms with Crippen LogP contribution in [0.2, 0.25) is 10.0 Å². The normalized spacial score (nSPS) is 10.9. The second kappa shape index (κ2) is 9.79. The first-order chi connectivity index (χ1) is 17.0. The van der Waals surface area contributed by atoms with E-state index >= 15 is 0 Å². The van der Waals surface area contributed by atoms with Gasteiger partial charge in [-0.05, 0) is 66.2 Å². The van der Waals surface area contributed by atoms with Crippen molar-refractivity contribution < 1.29 is 13.9 Å². The summed E-state index contributed by atoms with van der Waals surface area (Å²) in [6, 6.07) is 27.9. The summed E-state index contributed by atoms with van der Waals surface area (Å²) in [6.07, 6.45) is 0. The van der Waals surface area contributed by atoms with Gasteiger partial charge in [0.15, 0.2) is 0 Å². The summed E-state index contributed by atoms with van der Waals surface area (Å²) in [5.41, 5.74) is 1.58. The largest absolute Gasteiger partial charge is 0.488 e. The van der Waals surface area contributed by atoms with Gasteiger partial charge in [0, 0.05) is 21.2 Å². The molecule has 1 aromatic heterocycles. The van der Waals surface area contributed by atoms with Crippen LogP contribution in [0.3, 0.4) is 0 Å². The number of rotatable bonds is 6. The fourth-order valence-electron chi connectivity index (χ4n) is 3.82. The van der Waals surface area contributed by atoms with Gasteiger partial charge in [-0.2, -0.15) is 0 Å². The standard InChI is InChI=1S/C29H18Cl2O4/c30-21-13-9-19(10-14-21)27(32)26-28(33)25-23(34-17-18-5-2-1-3-6-18)7-4-8-24(25)35-29(26)20-11-15-22(31)16-12-20/h1-16H,17H2. The van der Waals surface area contributed by atoms with E-state index in [-0.39, 0.29) is 23.3 Å². The van der Waals surface area contributed by atoms with E-state index in [9.17, 15) is 9.59 Å². The lowest BCUT2D eigenvalue weighted by Crippen LogP contribution is -2.18. The summed E-state index contributed by atoms with van der Waals surface area (Å²) in [7, 11) is 0. The highest BCUT2D eigenvalue weighted by atomic mass is 35.5. The first kappa shape index (κ1) is 22.9. The van der Waals surface area contributed by atoms with Gasteiger partial charge in [-0.1, -0.05) is 59.6 Å². The maximum atomic E-state index is 13.9. The highest BCUT2D eigenvalue weighted by molar-refractivity contribution is 6.31. The zero-order valence-electron chi connectivity index (χ0n) is 18.3. The molecule has 5 aromatic rings. The molecule has 35 heavy (non-hydrogen) atoms. The van der Waals surface area contributed by atoms with Crippen molar-refractivity contribution in [1.29, 1.82) is 0 Å². The Balaban J connectivity index is 1.70. The number of hydrogen-bond acceptors (Lipinski definition) is 4. The van der Waals surface area contributed by atoms with Crippen molar-refractivity contribution >= 4 is 40.0 Å². The van der Waals surface area contributed by atoms with Gasteiger partial charge in [0.05, 0.1) is 0 Å². The van der Waals surface area contributed by atoms with Gasteiger partial charge in [0.1, 0.15) is 34.6 Å². The van der Waals surface area contributed by atoms with E-state index in [0.29, 0.717) is 32.5 Å². The summed E-state index contributed by atoms with van der Waals surface area (Å²) in [5, 5.41) is 1.22. The van der Waals surface area contributed by atoms with E-state index in [2.05, 4.69) is 0 Å². The molecule has 0 atom stereocenters. The lowest BCUT2D eigenvalue weighted by Gasteiger charge is -2.13. The van der Waals surface area contributed by atoms with Gasteiger partial charge in [-0.15, -0.1) is 0 Å². The SMILES string of the molecule is O=C(c1ccc(Cl)cc1)c1c(-c2ccc(Cl)cc2)oc2cccc(OCc3ccccc3)c2c1=O. The molecule has 0 fully saturated rings. The van der Waals surface area contributed by atoms with E-state index in [0.717, 1.165) is 5.56 Å². The van der Waals surface area contributed by atoms with E-state index < -0.39 is 11.2 Å². The zero-order valence-corrected chi connectivity index (χ0v) is 19.8. The van der Waals surface area contributed by atoms with Crippen molar-refractivity contribution in [2.75, 3.05) is 0 Å². The number of carbonyl (C=O) groups is 1. The number of benzene rings is 4. The number of fused-ring (bicyclic) bond motifs is 1. The minimum Gasteiger partial charge on any atom is -0.488 e. The Kier molecular flexibility index (Phi) is 6.41. The Morgan fingerprint density at radius 1 is 0.771 bits per heavy atom. The molecule has 6 heteroatoms. The van der Waals surface area contributed by atoms with Crippen molar-refractivity contribution in [3.05, 3.63) is 134 Å². The van der Waals surface area contributed by atoms with Crippen molar-refractivity contribution in [3.8, 4) is 17.1 Å². The molecule has 0 saturated heterocycles. The molecule has 0 aliphatic rings. The number of ketones is 1. The van der Waals surface area contributed by atoms with Crippen molar-refractivity contribution in [2.24, 2.45) is 0 Å². The van der Waals surface area contributed by atoms with E-state index in [1.54, 1.807) is 66.7 Å². The molecule has 0 bridgehead atoms. The predicted molar refractivity (Wildman–Crippen MR) is 139 cm³/mol. The molecular weight excluding hydrogens is 483 g/mol. The fraction of sp³-hybridized carbons (Fsp3) is 0.0345. The smallest absolute Gasteiger partial charge is 0.208 e. The molecule has 0 saturated carbocycles. The Bertz CT molecular complexity index is 1570. The second-order valence-electron chi connectivity index (χ2n) is 7.88. The highest BCUT2D eigenvalue weighted by Crippen LogP contribution is 2.32. The van der Waals surface area contributed by atoms with Gasteiger partial charge in [-0.3, -0.25) is 9.59 Å². The van der Waals surface area contributed by atoms with Crippen molar-refractivity contribution in [3.63, 3.8) is 0 Å². The fourth-order valence-corrected chi connectivity index (χ4v) is 4.07. The third-order valence-corrected chi connectivity index (χ3v) is 6.06. The molecule has 0 aliphatic carbocycles. The van der Waals surface area contributed by atoms with Crippen LogP contribution >= 0.6 is 23.2 Å². The van der Waals surface area contributed by atoms with Crippen LogP contribution in [0.1, 0.15) is 21.5 Å². The average molecular weight is 501 g/mol. The first-order valence-corrected chi connectivity index (χ1v) is 11.6. The van der Waals surface area contributed by atoms with Crippen molar-refractivity contribution in [1.82, 2.24) is 0 Å². The number of hydrogen-bond donors (Lipinski definition) is 0. The van der Waals surface area contributed by atoms with Gasteiger partial charge >= 0.3 is 0 Å². The zero-order chi connectivity index (χ0) is 24.4. The van der Waals surface area contributed by atoms with Crippen LogP contribution in [0.5, 0.6) is 5.75 Å². The Morgan fingerprint density at radius 3 is 2.11 bits per heavy atom. The Labute approximate surface area is 211 Å². The number of ether oxygens (including phenoxy) is 1. The molecule has 4 aromatic carbocycles. The van der Waals surface area contributed by atoms with Gasteiger partial charge in [0.2, 0.25) is 11.2 Å². The van der Waals surface area contributed by atoms with Gasteiger partial charge < -0.3 is 9.15 Å². The van der Waals surface area contributed by atoms with Gasteiger partial charge in [0.25, 0.3) is 0 Å². The Hall–Kier alpha value is -3.86. The summed E-state index contributed by atoms with van der Waals surface area (Å²) in [5.74, 6) is 0.0346. The molecule has 0 spiro atoms. The molecular formula is C29H18Cl2O4. The minimum absolute atomic E-state index is 0.0853. The summed E-state index contributed by atoms with van der Waals surface area (Å²) in [4.78, 5) is 27.5. The molecule has 4 nitrogen and oxygen atoms in total. The highest BCUT2D eigenvalue weighted by Gasteiger charge is 2.25. The molecule has 0 amide bonds. The van der Waals surface area contributed by atoms with Crippen LogP contribution in [0, 0.1) is 0 Å². The lowest BCUT2D eigenvalue weighted by molar-refractivity contribution is 0.103. The van der Waals surface area contributed by atoms with E-state index in [1.165, 1.54) is 0 Å². The Morgan fingerprint density at radius 2 is 1.43 bits per heavy atom.